The van der Waals surface area contributed by atoms with Gasteiger partial charge in [0, 0.05) is 32.6 Å². The Bertz CT molecular complexity index is 493. The number of carbonyl (C=O) groups is 1. The van der Waals surface area contributed by atoms with E-state index >= 15 is 0 Å². The van der Waals surface area contributed by atoms with Crippen LogP contribution in [0.3, 0.4) is 0 Å². The number of nitrogens with zero attached hydrogens (tertiary/aromatic N) is 2. The van der Waals surface area contributed by atoms with Crippen LogP contribution in [0.5, 0.6) is 5.75 Å². The smallest absolute Gasteiger partial charge is 0.264 e. The summed E-state index contributed by atoms with van der Waals surface area (Å²) in [5, 5.41) is 0. The third kappa shape index (κ3) is 2.45. The van der Waals surface area contributed by atoms with Gasteiger partial charge in [0.05, 0.1) is 0 Å². The van der Waals surface area contributed by atoms with Crippen molar-refractivity contribution in [3.63, 3.8) is 0 Å². The molecule has 102 valence electrons. The van der Waals surface area contributed by atoms with Gasteiger partial charge in [-0.2, -0.15) is 0 Å². The maximum atomic E-state index is 12.4. The van der Waals surface area contributed by atoms with Crippen molar-refractivity contribution < 1.29 is 9.53 Å². The normalized spacial score (nSPS) is 23.1. The van der Waals surface area contributed by atoms with E-state index in [-0.39, 0.29) is 12.0 Å². The van der Waals surface area contributed by atoms with Gasteiger partial charge in [-0.05, 0) is 25.6 Å². The average molecular weight is 260 g/mol. The Balaban J connectivity index is 1.67. The summed E-state index contributed by atoms with van der Waals surface area (Å²) in [7, 11) is 2.09. The van der Waals surface area contributed by atoms with E-state index < -0.39 is 0 Å². The maximum Gasteiger partial charge on any atom is 0.264 e. The zero-order valence-corrected chi connectivity index (χ0v) is 11.6. The van der Waals surface area contributed by atoms with Gasteiger partial charge < -0.3 is 14.5 Å². The molecule has 19 heavy (non-hydrogen) atoms. The Hall–Kier alpha value is -1.55. The molecule has 4 heteroatoms. The lowest BCUT2D eigenvalue weighted by molar-refractivity contribution is -0.139. The highest BCUT2D eigenvalue weighted by Gasteiger charge is 2.33. The molecule has 1 amide bonds. The molecule has 2 aliphatic rings. The van der Waals surface area contributed by atoms with Gasteiger partial charge in [-0.3, -0.25) is 4.79 Å². The summed E-state index contributed by atoms with van der Waals surface area (Å²) in [5.74, 6) is 1.01. The summed E-state index contributed by atoms with van der Waals surface area (Å²) in [4.78, 5) is 16.6. The molecule has 3 rings (SSSR count). The molecule has 4 nitrogen and oxygen atoms in total. The van der Waals surface area contributed by atoms with Crippen molar-refractivity contribution in [1.82, 2.24) is 9.80 Å². The predicted octanol–water partition coefficient (Wildman–Crippen LogP) is 1.07. The average Bonchev–Trinajstić information content (AvgIpc) is 2.81. The molecule has 2 heterocycles. The first-order valence-electron chi connectivity index (χ1n) is 6.87. The SMILES string of the molecule is Cc1ccc2c(c1)CC(C(=O)N1CCN(C)CC1)O2. The first-order valence-corrected chi connectivity index (χ1v) is 6.87. The number of ether oxygens (including phenoxy) is 1. The number of benzene rings is 1. The minimum atomic E-state index is -0.319. The lowest BCUT2D eigenvalue weighted by atomic mass is 10.1. The van der Waals surface area contributed by atoms with Crippen LogP contribution in [-0.2, 0) is 11.2 Å². The van der Waals surface area contributed by atoms with Crippen LogP contribution in [0.1, 0.15) is 11.1 Å². The number of hydrogen-bond acceptors (Lipinski definition) is 3. The quantitative estimate of drug-likeness (QED) is 0.757. The third-order valence-corrected chi connectivity index (χ3v) is 3.98. The van der Waals surface area contributed by atoms with Crippen LogP contribution in [0.2, 0.25) is 0 Å². The van der Waals surface area contributed by atoms with Gasteiger partial charge in [0.2, 0.25) is 0 Å². The van der Waals surface area contributed by atoms with Crippen molar-refractivity contribution in [3.05, 3.63) is 29.3 Å². The van der Waals surface area contributed by atoms with Crippen LogP contribution in [0.25, 0.3) is 0 Å². The largest absolute Gasteiger partial charge is 0.480 e. The van der Waals surface area contributed by atoms with E-state index in [9.17, 15) is 4.79 Å². The van der Waals surface area contributed by atoms with Gasteiger partial charge in [0.1, 0.15) is 5.75 Å². The number of carbonyl (C=O) groups excluding carboxylic acids is 1. The van der Waals surface area contributed by atoms with Crippen molar-refractivity contribution in [2.75, 3.05) is 33.2 Å². The summed E-state index contributed by atoms with van der Waals surface area (Å²) in [6.07, 6.45) is 0.391. The molecule has 0 bridgehead atoms. The predicted molar refractivity (Wildman–Crippen MR) is 73.4 cm³/mol. The second-order valence-electron chi connectivity index (χ2n) is 5.55. The van der Waals surface area contributed by atoms with E-state index in [2.05, 4.69) is 24.9 Å². The Morgan fingerprint density at radius 2 is 2.00 bits per heavy atom. The van der Waals surface area contributed by atoms with Gasteiger partial charge in [-0.1, -0.05) is 17.7 Å². The van der Waals surface area contributed by atoms with E-state index in [0.717, 1.165) is 37.5 Å². The highest BCUT2D eigenvalue weighted by molar-refractivity contribution is 5.82. The molecule has 0 radical (unpaired) electrons. The van der Waals surface area contributed by atoms with Crippen molar-refractivity contribution >= 4 is 5.91 Å². The first kappa shape index (κ1) is 12.5. The van der Waals surface area contributed by atoms with E-state index in [4.69, 9.17) is 4.74 Å². The highest BCUT2D eigenvalue weighted by atomic mass is 16.5. The molecule has 1 aromatic rings. The fourth-order valence-electron chi connectivity index (χ4n) is 2.75. The number of likely N-dealkylation sites (N-methyl/N-ethyl adjacent to an activating group) is 1. The van der Waals surface area contributed by atoms with Gasteiger partial charge in [-0.15, -0.1) is 0 Å². The van der Waals surface area contributed by atoms with Crippen molar-refractivity contribution in [2.45, 2.75) is 19.4 Å². The van der Waals surface area contributed by atoms with E-state index in [1.54, 1.807) is 0 Å². The summed E-state index contributed by atoms with van der Waals surface area (Å²) in [6.45, 7) is 5.58. The summed E-state index contributed by atoms with van der Waals surface area (Å²) < 4.78 is 5.80. The van der Waals surface area contributed by atoms with Crippen LogP contribution in [0, 0.1) is 6.92 Å². The lowest BCUT2D eigenvalue weighted by Crippen LogP contribution is -2.51. The summed E-state index contributed by atoms with van der Waals surface area (Å²) >= 11 is 0. The molecular weight excluding hydrogens is 240 g/mol. The molecule has 0 spiro atoms. The van der Waals surface area contributed by atoms with E-state index in [1.807, 2.05) is 17.0 Å². The second-order valence-corrected chi connectivity index (χ2v) is 5.55. The Morgan fingerprint density at radius 1 is 1.26 bits per heavy atom. The Kier molecular flexibility index (Phi) is 3.19. The van der Waals surface area contributed by atoms with Gasteiger partial charge >= 0.3 is 0 Å². The molecule has 1 atom stereocenters. The van der Waals surface area contributed by atoms with Crippen LogP contribution >= 0.6 is 0 Å². The fourth-order valence-corrected chi connectivity index (χ4v) is 2.75. The minimum Gasteiger partial charge on any atom is -0.480 e. The Morgan fingerprint density at radius 3 is 2.74 bits per heavy atom. The Labute approximate surface area is 113 Å². The summed E-state index contributed by atoms with van der Waals surface area (Å²) in [5.41, 5.74) is 2.38. The van der Waals surface area contributed by atoms with Gasteiger partial charge in [0.25, 0.3) is 5.91 Å². The number of hydrogen-bond donors (Lipinski definition) is 0. The van der Waals surface area contributed by atoms with E-state index in [1.165, 1.54) is 5.56 Å². The topological polar surface area (TPSA) is 32.8 Å². The van der Waals surface area contributed by atoms with Crippen molar-refractivity contribution in [2.24, 2.45) is 0 Å². The van der Waals surface area contributed by atoms with Crippen molar-refractivity contribution in [3.8, 4) is 5.75 Å². The highest BCUT2D eigenvalue weighted by Crippen LogP contribution is 2.30. The third-order valence-electron chi connectivity index (χ3n) is 3.98. The zero-order chi connectivity index (χ0) is 13.4. The molecular formula is C15H20N2O2. The van der Waals surface area contributed by atoms with Crippen LogP contribution in [-0.4, -0.2) is 55.0 Å². The monoisotopic (exact) mass is 260 g/mol. The van der Waals surface area contributed by atoms with Gasteiger partial charge in [-0.25, -0.2) is 0 Å². The lowest BCUT2D eigenvalue weighted by Gasteiger charge is -2.33. The number of aryl methyl sites for hydroxylation is 1. The van der Waals surface area contributed by atoms with E-state index in [0.29, 0.717) is 6.42 Å². The number of amides is 1. The molecule has 1 aromatic carbocycles. The minimum absolute atomic E-state index is 0.141. The number of piperazine rings is 1. The number of fused-ring (bicyclic) bond motifs is 1. The zero-order valence-electron chi connectivity index (χ0n) is 11.6. The standard InChI is InChI=1S/C15H20N2O2/c1-11-3-4-13-12(9-11)10-14(19-13)15(18)17-7-5-16(2)6-8-17/h3-4,9,14H,5-8,10H2,1-2H3. The number of rotatable bonds is 1. The first-order chi connectivity index (χ1) is 9.13. The molecule has 0 N–H and O–H groups in total. The molecule has 0 aliphatic carbocycles. The van der Waals surface area contributed by atoms with Crippen molar-refractivity contribution in [1.29, 1.82) is 0 Å². The second kappa shape index (κ2) is 4.85. The maximum absolute atomic E-state index is 12.4. The van der Waals surface area contributed by atoms with Crippen LogP contribution in [0.15, 0.2) is 18.2 Å². The molecule has 0 saturated carbocycles. The van der Waals surface area contributed by atoms with Crippen LogP contribution in [0.4, 0.5) is 0 Å². The molecule has 0 aromatic heterocycles. The molecule has 1 unspecified atom stereocenters. The molecule has 1 fully saturated rings. The molecule has 1 saturated heterocycles. The van der Waals surface area contributed by atoms with Gasteiger partial charge in [0.15, 0.2) is 6.10 Å². The van der Waals surface area contributed by atoms with Crippen LogP contribution < -0.4 is 4.74 Å². The fraction of sp³-hybridized carbons (Fsp3) is 0.533. The molecule has 2 aliphatic heterocycles. The summed E-state index contributed by atoms with van der Waals surface area (Å²) in [6, 6.07) is 6.12.